The summed E-state index contributed by atoms with van der Waals surface area (Å²) in [6, 6.07) is 0.852. The average molecular weight is 242 g/mol. The van der Waals surface area contributed by atoms with Gasteiger partial charge in [0.25, 0.3) is 0 Å². The van der Waals surface area contributed by atoms with Gasteiger partial charge in [0.15, 0.2) is 11.6 Å². The molecule has 0 amide bonds. The van der Waals surface area contributed by atoms with Gasteiger partial charge < -0.3 is 10.1 Å². The molecule has 1 aromatic carbocycles. The first-order valence-electron chi connectivity index (χ1n) is 5.13. The number of nitrogens with one attached hydrogen (secondary N) is 2. The lowest BCUT2D eigenvalue weighted by Crippen LogP contribution is -2.39. The van der Waals surface area contributed by atoms with E-state index in [0.29, 0.717) is 5.69 Å². The van der Waals surface area contributed by atoms with Crippen molar-refractivity contribution in [3.63, 3.8) is 0 Å². The minimum Gasteiger partial charge on any atom is -0.465 e. The van der Waals surface area contributed by atoms with Crippen LogP contribution in [0.5, 0.6) is 0 Å². The van der Waals surface area contributed by atoms with E-state index in [2.05, 4.69) is 15.4 Å². The van der Waals surface area contributed by atoms with Crippen molar-refractivity contribution in [1.82, 2.24) is 5.32 Å². The van der Waals surface area contributed by atoms with Crippen LogP contribution in [0.2, 0.25) is 0 Å². The normalized spacial score (nSPS) is 18.2. The molecular weight excluding hydrogens is 230 g/mol. The van der Waals surface area contributed by atoms with Crippen molar-refractivity contribution >= 4 is 11.7 Å². The lowest BCUT2D eigenvalue weighted by atomic mass is 10.0. The van der Waals surface area contributed by atoms with Crippen molar-refractivity contribution in [2.75, 3.05) is 12.4 Å². The van der Waals surface area contributed by atoms with E-state index in [4.69, 9.17) is 0 Å². The Kier molecular flexibility index (Phi) is 2.97. The first-order chi connectivity index (χ1) is 8.04. The number of hydrogen-bond acceptors (Lipinski definition) is 4. The molecule has 0 spiro atoms. The predicted octanol–water partition coefficient (Wildman–Crippen LogP) is 1.61. The van der Waals surface area contributed by atoms with Gasteiger partial charge in [-0.25, -0.2) is 13.6 Å². The second-order valence-corrected chi connectivity index (χ2v) is 3.81. The van der Waals surface area contributed by atoms with E-state index >= 15 is 0 Å². The minimum absolute atomic E-state index is 0.00903. The number of halogens is 2. The highest BCUT2D eigenvalue weighted by molar-refractivity contribution is 5.96. The first kappa shape index (κ1) is 11.8. The Morgan fingerprint density at radius 2 is 2.24 bits per heavy atom. The van der Waals surface area contributed by atoms with Gasteiger partial charge in [-0.1, -0.05) is 0 Å². The molecule has 2 rings (SSSR count). The van der Waals surface area contributed by atoms with Gasteiger partial charge >= 0.3 is 5.97 Å². The van der Waals surface area contributed by atoms with Gasteiger partial charge in [0.05, 0.1) is 24.5 Å². The van der Waals surface area contributed by atoms with Crippen LogP contribution in [0.1, 0.15) is 22.8 Å². The minimum atomic E-state index is -1.05. The third-order valence-electron chi connectivity index (χ3n) is 2.67. The number of benzene rings is 1. The summed E-state index contributed by atoms with van der Waals surface area (Å²) >= 11 is 0. The Labute approximate surface area is 97.0 Å². The molecule has 0 bridgehead atoms. The standard InChI is InChI=1S/C11H12F2N2O2/c1-5-14-4-7-9(13)8(12)3-6(10(7)15-5)11(16)17-2/h3,5,14-15H,4H2,1-2H3. The van der Waals surface area contributed by atoms with Crippen LogP contribution < -0.4 is 10.6 Å². The molecule has 0 aliphatic carbocycles. The zero-order valence-electron chi connectivity index (χ0n) is 9.43. The summed E-state index contributed by atoms with van der Waals surface area (Å²) in [5, 5.41) is 5.81. The van der Waals surface area contributed by atoms with Crippen molar-refractivity contribution in [1.29, 1.82) is 0 Å². The van der Waals surface area contributed by atoms with Crippen LogP contribution >= 0.6 is 0 Å². The summed E-state index contributed by atoms with van der Waals surface area (Å²) in [5.74, 6) is -2.69. The van der Waals surface area contributed by atoms with Crippen LogP contribution in [-0.4, -0.2) is 19.2 Å². The first-order valence-corrected chi connectivity index (χ1v) is 5.13. The summed E-state index contributed by atoms with van der Waals surface area (Å²) in [5.41, 5.74) is 0.417. The molecule has 1 heterocycles. The number of ether oxygens (including phenoxy) is 1. The molecule has 0 aromatic heterocycles. The van der Waals surface area contributed by atoms with Crippen molar-refractivity contribution < 1.29 is 18.3 Å². The van der Waals surface area contributed by atoms with E-state index in [1.54, 1.807) is 0 Å². The monoisotopic (exact) mass is 242 g/mol. The Balaban J connectivity index is 2.60. The summed E-state index contributed by atoms with van der Waals surface area (Å²) in [4.78, 5) is 11.5. The highest BCUT2D eigenvalue weighted by Crippen LogP contribution is 2.29. The second kappa shape index (κ2) is 4.29. The van der Waals surface area contributed by atoms with Crippen molar-refractivity contribution in [2.24, 2.45) is 0 Å². The van der Waals surface area contributed by atoms with Gasteiger partial charge in [-0.2, -0.15) is 0 Å². The van der Waals surface area contributed by atoms with Crippen LogP contribution in [0.3, 0.4) is 0 Å². The Morgan fingerprint density at radius 3 is 2.88 bits per heavy atom. The topological polar surface area (TPSA) is 50.4 Å². The number of carbonyl (C=O) groups excluding carboxylic acids is 1. The van der Waals surface area contributed by atoms with Gasteiger partial charge in [0.1, 0.15) is 0 Å². The molecule has 17 heavy (non-hydrogen) atoms. The number of fused-ring (bicyclic) bond motifs is 1. The number of carbonyl (C=O) groups is 1. The van der Waals surface area contributed by atoms with E-state index in [-0.39, 0.29) is 23.8 Å². The molecule has 0 saturated heterocycles. The maximum absolute atomic E-state index is 13.6. The van der Waals surface area contributed by atoms with E-state index < -0.39 is 17.6 Å². The van der Waals surface area contributed by atoms with Crippen molar-refractivity contribution in [3.8, 4) is 0 Å². The largest absolute Gasteiger partial charge is 0.465 e. The molecule has 1 unspecified atom stereocenters. The fraction of sp³-hybridized carbons (Fsp3) is 0.364. The van der Waals surface area contributed by atoms with Gasteiger partial charge in [-0.15, -0.1) is 0 Å². The van der Waals surface area contributed by atoms with Crippen molar-refractivity contribution in [3.05, 3.63) is 28.8 Å². The molecule has 4 nitrogen and oxygen atoms in total. The van der Waals surface area contributed by atoms with Crippen LogP contribution in [0.4, 0.5) is 14.5 Å². The Hall–Kier alpha value is -1.69. The smallest absolute Gasteiger partial charge is 0.340 e. The summed E-state index contributed by atoms with van der Waals surface area (Å²) in [6.45, 7) is 1.97. The number of methoxy groups -OCH3 is 1. The maximum Gasteiger partial charge on any atom is 0.340 e. The highest BCUT2D eigenvalue weighted by atomic mass is 19.2. The lowest BCUT2D eigenvalue weighted by Gasteiger charge is -2.27. The highest BCUT2D eigenvalue weighted by Gasteiger charge is 2.26. The molecule has 0 saturated carbocycles. The van der Waals surface area contributed by atoms with Gasteiger partial charge in [0.2, 0.25) is 0 Å². The van der Waals surface area contributed by atoms with Gasteiger partial charge in [-0.05, 0) is 13.0 Å². The third-order valence-corrected chi connectivity index (χ3v) is 2.67. The molecule has 1 aliphatic heterocycles. The summed E-state index contributed by atoms with van der Waals surface area (Å²) in [7, 11) is 1.19. The van der Waals surface area contributed by atoms with Crippen LogP contribution in [0.25, 0.3) is 0 Å². The van der Waals surface area contributed by atoms with Crippen molar-refractivity contribution in [2.45, 2.75) is 19.6 Å². The van der Waals surface area contributed by atoms with E-state index in [1.807, 2.05) is 6.92 Å². The number of rotatable bonds is 1. The van der Waals surface area contributed by atoms with E-state index in [9.17, 15) is 13.6 Å². The number of anilines is 1. The molecule has 1 aromatic rings. The molecule has 0 radical (unpaired) electrons. The molecule has 1 aliphatic rings. The van der Waals surface area contributed by atoms with Gasteiger partial charge in [-0.3, -0.25) is 5.32 Å². The van der Waals surface area contributed by atoms with Crippen LogP contribution in [0.15, 0.2) is 6.07 Å². The van der Waals surface area contributed by atoms with E-state index in [0.717, 1.165) is 6.07 Å². The zero-order chi connectivity index (χ0) is 12.6. The fourth-order valence-electron chi connectivity index (χ4n) is 1.80. The molecule has 92 valence electrons. The Morgan fingerprint density at radius 1 is 1.53 bits per heavy atom. The molecule has 6 heteroatoms. The number of esters is 1. The number of hydrogen-bond donors (Lipinski definition) is 2. The predicted molar refractivity (Wildman–Crippen MR) is 57.6 cm³/mol. The lowest BCUT2D eigenvalue weighted by molar-refractivity contribution is 0.0601. The maximum atomic E-state index is 13.6. The zero-order valence-corrected chi connectivity index (χ0v) is 9.43. The fourth-order valence-corrected chi connectivity index (χ4v) is 1.80. The van der Waals surface area contributed by atoms with Crippen LogP contribution in [-0.2, 0) is 11.3 Å². The Bertz CT molecular complexity index is 477. The third kappa shape index (κ3) is 1.95. The molecular formula is C11H12F2N2O2. The molecule has 1 atom stereocenters. The summed E-state index contributed by atoms with van der Waals surface area (Å²) < 4.78 is 31.4. The SMILES string of the molecule is COC(=O)c1cc(F)c(F)c2c1NC(C)NC2. The molecule has 2 N–H and O–H groups in total. The summed E-state index contributed by atoms with van der Waals surface area (Å²) in [6.07, 6.45) is -0.129. The quantitative estimate of drug-likeness (QED) is 0.735. The second-order valence-electron chi connectivity index (χ2n) is 3.81. The average Bonchev–Trinajstić information content (AvgIpc) is 2.32. The van der Waals surface area contributed by atoms with Crippen LogP contribution in [0, 0.1) is 11.6 Å². The van der Waals surface area contributed by atoms with E-state index in [1.165, 1.54) is 7.11 Å². The van der Waals surface area contributed by atoms with Gasteiger partial charge in [0, 0.05) is 12.1 Å². The molecule has 0 fully saturated rings.